The Balaban J connectivity index is 2.27. The van der Waals surface area contributed by atoms with Crippen LogP contribution in [0.1, 0.15) is 16.7 Å². The second kappa shape index (κ2) is 8.05. The van der Waals surface area contributed by atoms with Crippen LogP contribution in [0.25, 0.3) is 0 Å². The highest BCUT2D eigenvalue weighted by Crippen LogP contribution is 2.25. The lowest BCUT2D eigenvalue weighted by molar-refractivity contribution is 0.359. The van der Waals surface area contributed by atoms with Gasteiger partial charge in [0.25, 0.3) is 0 Å². The van der Waals surface area contributed by atoms with Gasteiger partial charge in [-0.15, -0.1) is 0 Å². The average molecular weight is 306 g/mol. The molecule has 0 fully saturated rings. The van der Waals surface area contributed by atoms with Gasteiger partial charge in [0.2, 0.25) is 0 Å². The maximum atomic E-state index is 9.17. The van der Waals surface area contributed by atoms with Gasteiger partial charge in [0.05, 0.1) is 6.07 Å². The molecule has 3 heteroatoms. The van der Waals surface area contributed by atoms with Gasteiger partial charge < -0.3 is 9.64 Å². The predicted octanol–water partition coefficient (Wildman–Crippen LogP) is 4.40. The molecule has 0 atom stereocenters. The SMILES string of the molecule is C=CCOc1ccccc1CN(CC#N)c1ccc(C)c(C)c1. The Hall–Kier alpha value is -2.73. The van der Waals surface area contributed by atoms with Gasteiger partial charge in [0.15, 0.2) is 0 Å². The second-order valence-corrected chi connectivity index (χ2v) is 5.49. The summed E-state index contributed by atoms with van der Waals surface area (Å²) < 4.78 is 5.72. The Morgan fingerprint density at radius 2 is 1.96 bits per heavy atom. The summed E-state index contributed by atoms with van der Waals surface area (Å²) in [5, 5.41) is 9.17. The van der Waals surface area contributed by atoms with Crippen molar-refractivity contribution in [2.45, 2.75) is 20.4 Å². The molecule has 0 aliphatic rings. The number of anilines is 1. The fraction of sp³-hybridized carbons (Fsp3) is 0.250. The molecule has 0 spiro atoms. The van der Waals surface area contributed by atoms with Gasteiger partial charge in [-0.05, 0) is 43.2 Å². The number of benzene rings is 2. The zero-order valence-corrected chi connectivity index (χ0v) is 13.7. The van der Waals surface area contributed by atoms with E-state index in [1.54, 1.807) is 6.08 Å². The van der Waals surface area contributed by atoms with Crippen molar-refractivity contribution in [1.29, 1.82) is 5.26 Å². The first-order valence-electron chi connectivity index (χ1n) is 7.66. The van der Waals surface area contributed by atoms with Crippen molar-refractivity contribution >= 4 is 5.69 Å². The molecule has 3 nitrogen and oxygen atoms in total. The maximum absolute atomic E-state index is 9.17. The van der Waals surface area contributed by atoms with E-state index in [1.807, 2.05) is 24.3 Å². The molecule has 0 aliphatic heterocycles. The Labute approximate surface area is 138 Å². The molecule has 0 N–H and O–H groups in total. The van der Waals surface area contributed by atoms with Crippen molar-refractivity contribution in [1.82, 2.24) is 0 Å². The first-order chi connectivity index (χ1) is 11.2. The van der Waals surface area contributed by atoms with E-state index in [4.69, 9.17) is 4.74 Å². The predicted molar refractivity (Wildman–Crippen MR) is 94.7 cm³/mol. The smallest absolute Gasteiger partial charge is 0.124 e. The van der Waals surface area contributed by atoms with Crippen LogP contribution in [0.2, 0.25) is 0 Å². The third-order valence-electron chi connectivity index (χ3n) is 3.81. The van der Waals surface area contributed by atoms with Crippen LogP contribution in [0, 0.1) is 25.2 Å². The summed E-state index contributed by atoms with van der Waals surface area (Å²) in [6.07, 6.45) is 1.73. The molecule has 0 radical (unpaired) electrons. The van der Waals surface area contributed by atoms with Crippen molar-refractivity contribution in [2.24, 2.45) is 0 Å². The highest BCUT2D eigenvalue weighted by molar-refractivity contribution is 5.52. The van der Waals surface area contributed by atoms with Crippen molar-refractivity contribution in [3.63, 3.8) is 0 Å². The summed E-state index contributed by atoms with van der Waals surface area (Å²) in [7, 11) is 0. The summed E-state index contributed by atoms with van der Waals surface area (Å²) in [5.74, 6) is 0.833. The lowest BCUT2D eigenvalue weighted by Gasteiger charge is -2.24. The highest BCUT2D eigenvalue weighted by Gasteiger charge is 2.11. The number of rotatable bonds is 7. The normalized spacial score (nSPS) is 9.96. The van der Waals surface area contributed by atoms with E-state index in [0.717, 1.165) is 17.0 Å². The summed E-state index contributed by atoms with van der Waals surface area (Å²) >= 11 is 0. The zero-order chi connectivity index (χ0) is 16.7. The van der Waals surface area contributed by atoms with Gasteiger partial charge in [-0.3, -0.25) is 0 Å². The number of hydrogen-bond acceptors (Lipinski definition) is 3. The van der Waals surface area contributed by atoms with Crippen molar-refractivity contribution in [2.75, 3.05) is 18.1 Å². The molecule has 0 aromatic heterocycles. The van der Waals surface area contributed by atoms with Crippen LogP contribution in [0.4, 0.5) is 5.69 Å². The van der Waals surface area contributed by atoms with Gasteiger partial charge in [-0.1, -0.05) is 36.9 Å². The average Bonchev–Trinajstić information content (AvgIpc) is 2.56. The molecule has 0 bridgehead atoms. The van der Waals surface area contributed by atoms with E-state index < -0.39 is 0 Å². The summed E-state index contributed by atoms with van der Waals surface area (Å²) in [5.41, 5.74) is 4.58. The second-order valence-electron chi connectivity index (χ2n) is 5.49. The monoisotopic (exact) mass is 306 g/mol. The minimum absolute atomic E-state index is 0.332. The summed E-state index contributed by atoms with van der Waals surface area (Å²) in [6.45, 7) is 9.29. The van der Waals surface area contributed by atoms with Crippen molar-refractivity contribution in [3.8, 4) is 11.8 Å². The molecular weight excluding hydrogens is 284 g/mol. The highest BCUT2D eigenvalue weighted by atomic mass is 16.5. The fourth-order valence-electron chi connectivity index (χ4n) is 2.38. The van der Waals surface area contributed by atoms with E-state index in [0.29, 0.717) is 19.7 Å². The third kappa shape index (κ3) is 4.37. The van der Waals surface area contributed by atoms with Crippen LogP contribution >= 0.6 is 0 Å². The molecule has 0 heterocycles. The number of ether oxygens (including phenoxy) is 1. The molecule has 0 saturated heterocycles. The van der Waals surface area contributed by atoms with Crippen LogP contribution in [0.15, 0.2) is 55.1 Å². The number of nitriles is 1. The van der Waals surface area contributed by atoms with E-state index in [1.165, 1.54) is 11.1 Å². The Bertz CT molecular complexity index is 716. The molecule has 118 valence electrons. The van der Waals surface area contributed by atoms with Crippen LogP contribution in [-0.4, -0.2) is 13.2 Å². The molecule has 2 aromatic carbocycles. The molecule has 23 heavy (non-hydrogen) atoms. The summed E-state index contributed by atoms with van der Waals surface area (Å²) in [4.78, 5) is 2.06. The lowest BCUT2D eigenvalue weighted by atomic mass is 10.1. The van der Waals surface area contributed by atoms with Crippen molar-refractivity contribution in [3.05, 3.63) is 71.8 Å². The van der Waals surface area contributed by atoms with E-state index >= 15 is 0 Å². The van der Waals surface area contributed by atoms with Crippen molar-refractivity contribution < 1.29 is 4.74 Å². The maximum Gasteiger partial charge on any atom is 0.124 e. The zero-order valence-electron chi connectivity index (χ0n) is 13.7. The number of nitrogens with zero attached hydrogens (tertiary/aromatic N) is 2. The standard InChI is InChI=1S/C20H22N2O/c1-4-13-23-20-8-6-5-7-18(20)15-22(12-11-21)19-10-9-16(2)17(3)14-19/h4-10,14H,1,12-13,15H2,2-3H3. The number of hydrogen-bond donors (Lipinski definition) is 0. The molecule has 2 rings (SSSR count). The molecule has 0 saturated carbocycles. The quantitative estimate of drug-likeness (QED) is 0.562. The summed E-state index contributed by atoms with van der Waals surface area (Å²) in [6, 6.07) is 16.4. The topological polar surface area (TPSA) is 36.3 Å². The fourth-order valence-corrected chi connectivity index (χ4v) is 2.38. The molecule has 0 amide bonds. The Kier molecular flexibility index (Phi) is 5.82. The minimum Gasteiger partial charge on any atom is -0.489 e. The van der Waals surface area contributed by atoms with Gasteiger partial charge in [-0.2, -0.15) is 5.26 Å². The Morgan fingerprint density at radius 3 is 2.65 bits per heavy atom. The Morgan fingerprint density at radius 1 is 1.17 bits per heavy atom. The van der Waals surface area contributed by atoms with E-state index in [2.05, 4.69) is 49.6 Å². The largest absolute Gasteiger partial charge is 0.489 e. The molecule has 0 aliphatic carbocycles. The molecular formula is C20H22N2O. The number of aryl methyl sites for hydroxylation is 2. The lowest BCUT2D eigenvalue weighted by Crippen LogP contribution is -2.23. The number of para-hydroxylation sites is 1. The van der Waals surface area contributed by atoms with Crippen LogP contribution in [0.3, 0.4) is 0 Å². The molecule has 2 aromatic rings. The van der Waals surface area contributed by atoms with Gasteiger partial charge in [0, 0.05) is 17.8 Å². The molecule has 0 unspecified atom stereocenters. The first kappa shape index (κ1) is 16.6. The van der Waals surface area contributed by atoms with E-state index in [9.17, 15) is 5.26 Å². The van der Waals surface area contributed by atoms with Crippen LogP contribution in [0.5, 0.6) is 5.75 Å². The van der Waals surface area contributed by atoms with Gasteiger partial charge >= 0.3 is 0 Å². The minimum atomic E-state index is 0.332. The van der Waals surface area contributed by atoms with Crippen LogP contribution in [-0.2, 0) is 6.54 Å². The van der Waals surface area contributed by atoms with Gasteiger partial charge in [0.1, 0.15) is 18.9 Å². The van der Waals surface area contributed by atoms with E-state index in [-0.39, 0.29) is 0 Å². The van der Waals surface area contributed by atoms with Crippen LogP contribution < -0.4 is 9.64 Å². The first-order valence-corrected chi connectivity index (χ1v) is 7.66. The van der Waals surface area contributed by atoms with Gasteiger partial charge in [-0.25, -0.2) is 0 Å². The third-order valence-corrected chi connectivity index (χ3v) is 3.81.